The van der Waals surface area contributed by atoms with Gasteiger partial charge in [-0.1, -0.05) is 6.92 Å². The third-order valence-electron chi connectivity index (χ3n) is 2.14. The molecule has 1 fully saturated rings. The van der Waals surface area contributed by atoms with Gasteiger partial charge in [0.2, 0.25) is 5.91 Å². The minimum atomic E-state index is 0.200. The van der Waals surface area contributed by atoms with Gasteiger partial charge >= 0.3 is 0 Å². The van der Waals surface area contributed by atoms with E-state index in [1.807, 2.05) is 6.92 Å². The molecule has 3 nitrogen and oxygen atoms in total. The molecule has 1 aliphatic heterocycles. The summed E-state index contributed by atoms with van der Waals surface area (Å²) in [6.07, 6.45) is 3.90. The zero-order valence-corrected chi connectivity index (χ0v) is 7.73. The highest BCUT2D eigenvalue weighted by Crippen LogP contribution is 2.01. The Labute approximate surface area is 73.9 Å². The first kappa shape index (κ1) is 9.52. The minimum Gasteiger partial charge on any atom is -0.352 e. The molecule has 0 bridgehead atoms. The molecular weight excluding hydrogens is 152 g/mol. The second-order valence-electron chi connectivity index (χ2n) is 3.36. The maximum Gasteiger partial charge on any atom is 0.220 e. The van der Waals surface area contributed by atoms with Gasteiger partial charge in [0.15, 0.2) is 0 Å². The maximum absolute atomic E-state index is 11.2. The van der Waals surface area contributed by atoms with E-state index in [0.717, 1.165) is 25.9 Å². The molecule has 12 heavy (non-hydrogen) atoms. The topological polar surface area (TPSA) is 41.1 Å². The lowest BCUT2D eigenvalue weighted by molar-refractivity contribution is -0.121. The molecule has 70 valence electrons. The molecule has 0 saturated carbocycles. The minimum absolute atomic E-state index is 0.200. The smallest absolute Gasteiger partial charge is 0.220 e. The number of hydrogen-bond donors (Lipinski definition) is 2. The van der Waals surface area contributed by atoms with Crippen LogP contribution in [0.2, 0.25) is 0 Å². The molecule has 1 atom stereocenters. The summed E-state index contributed by atoms with van der Waals surface area (Å²) in [5, 5.41) is 6.29. The van der Waals surface area contributed by atoms with E-state index in [9.17, 15) is 4.79 Å². The Hall–Kier alpha value is -0.570. The van der Waals surface area contributed by atoms with Crippen LogP contribution in [0, 0.1) is 0 Å². The van der Waals surface area contributed by atoms with Crippen LogP contribution in [0.1, 0.15) is 32.6 Å². The second-order valence-corrected chi connectivity index (χ2v) is 3.36. The van der Waals surface area contributed by atoms with Crippen molar-refractivity contribution in [2.45, 2.75) is 38.6 Å². The summed E-state index contributed by atoms with van der Waals surface area (Å²) in [7, 11) is 0. The fourth-order valence-electron chi connectivity index (χ4n) is 1.50. The summed E-state index contributed by atoms with van der Waals surface area (Å²) in [4.78, 5) is 11.2. The lowest BCUT2D eigenvalue weighted by atomic mass is 10.1. The molecule has 0 radical (unpaired) electrons. The quantitative estimate of drug-likeness (QED) is 0.653. The molecule has 1 saturated heterocycles. The van der Waals surface area contributed by atoms with Crippen LogP contribution >= 0.6 is 0 Å². The van der Waals surface area contributed by atoms with Gasteiger partial charge in [-0.05, 0) is 25.8 Å². The Bertz CT molecular complexity index is 141. The summed E-state index contributed by atoms with van der Waals surface area (Å²) < 4.78 is 0. The van der Waals surface area contributed by atoms with Crippen molar-refractivity contribution in [1.82, 2.24) is 10.6 Å². The van der Waals surface area contributed by atoms with Crippen molar-refractivity contribution in [3.05, 3.63) is 0 Å². The van der Waals surface area contributed by atoms with Gasteiger partial charge < -0.3 is 10.6 Å². The molecule has 3 heteroatoms. The number of amides is 1. The molecule has 0 aromatic rings. The van der Waals surface area contributed by atoms with Gasteiger partial charge in [-0.15, -0.1) is 0 Å². The summed E-state index contributed by atoms with van der Waals surface area (Å²) in [5.41, 5.74) is 0. The van der Waals surface area contributed by atoms with E-state index in [2.05, 4.69) is 10.6 Å². The zero-order chi connectivity index (χ0) is 8.81. The first-order chi connectivity index (χ1) is 5.83. The third-order valence-corrected chi connectivity index (χ3v) is 2.14. The molecule has 1 aliphatic rings. The predicted octanol–water partition coefficient (Wildman–Crippen LogP) is 0.655. The monoisotopic (exact) mass is 170 g/mol. The van der Waals surface area contributed by atoms with Crippen LogP contribution in [0.15, 0.2) is 0 Å². The highest BCUT2D eigenvalue weighted by molar-refractivity contribution is 5.76. The molecule has 1 heterocycles. The van der Waals surface area contributed by atoms with Gasteiger partial charge in [0.05, 0.1) is 0 Å². The van der Waals surface area contributed by atoms with Crippen molar-refractivity contribution >= 4 is 5.91 Å². The zero-order valence-electron chi connectivity index (χ0n) is 7.73. The molecular formula is C9H18N2O. The second kappa shape index (κ2) is 5.14. The number of carbonyl (C=O) groups is 1. The Kier molecular flexibility index (Phi) is 4.08. The lowest BCUT2D eigenvalue weighted by Gasteiger charge is -2.23. The van der Waals surface area contributed by atoms with Crippen LogP contribution in [0.4, 0.5) is 0 Å². The van der Waals surface area contributed by atoms with Gasteiger partial charge in [-0.3, -0.25) is 4.79 Å². The van der Waals surface area contributed by atoms with E-state index in [-0.39, 0.29) is 5.91 Å². The molecule has 0 aliphatic carbocycles. The molecule has 0 aromatic heterocycles. The number of hydrogen-bond acceptors (Lipinski definition) is 2. The van der Waals surface area contributed by atoms with Gasteiger partial charge in [0.1, 0.15) is 0 Å². The Morgan fingerprint density at radius 3 is 3.08 bits per heavy atom. The number of piperidine rings is 1. The molecule has 0 spiro atoms. The summed E-state index contributed by atoms with van der Waals surface area (Å²) in [5.74, 6) is 0.200. The lowest BCUT2D eigenvalue weighted by Crippen LogP contribution is -2.45. The Morgan fingerprint density at radius 1 is 1.67 bits per heavy atom. The molecule has 2 N–H and O–H groups in total. The number of rotatable bonds is 3. The summed E-state index contributed by atoms with van der Waals surface area (Å²) in [6, 6.07) is 0.373. The first-order valence-corrected chi connectivity index (χ1v) is 4.83. The van der Waals surface area contributed by atoms with E-state index >= 15 is 0 Å². The van der Waals surface area contributed by atoms with Crippen LogP contribution in [0.25, 0.3) is 0 Å². The first-order valence-electron chi connectivity index (χ1n) is 4.83. The van der Waals surface area contributed by atoms with E-state index in [1.54, 1.807) is 0 Å². The van der Waals surface area contributed by atoms with Gasteiger partial charge in [-0.2, -0.15) is 0 Å². The fraction of sp³-hybridized carbons (Fsp3) is 0.889. The highest BCUT2D eigenvalue weighted by Gasteiger charge is 2.13. The van der Waals surface area contributed by atoms with Crippen molar-refractivity contribution in [2.75, 3.05) is 13.1 Å². The normalized spacial score (nSPS) is 23.6. The van der Waals surface area contributed by atoms with E-state index in [4.69, 9.17) is 0 Å². The number of nitrogens with one attached hydrogen (secondary N) is 2. The van der Waals surface area contributed by atoms with E-state index < -0.39 is 0 Å². The van der Waals surface area contributed by atoms with Crippen LogP contribution in [-0.2, 0) is 4.79 Å². The van der Waals surface area contributed by atoms with Crippen molar-refractivity contribution in [2.24, 2.45) is 0 Å². The van der Waals surface area contributed by atoms with Crippen LogP contribution < -0.4 is 10.6 Å². The van der Waals surface area contributed by atoms with Crippen LogP contribution in [0.3, 0.4) is 0 Å². The molecule has 1 rings (SSSR count). The highest BCUT2D eigenvalue weighted by atomic mass is 16.1. The van der Waals surface area contributed by atoms with Gasteiger partial charge in [0.25, 0.3) is 0 Å². The maximum atomic E-state index is 11.2. The molecule has 0 unspecified atom stereocenters. The van der Waals surface area contributed by atoms with Crippen molar-refractivity contribution in [3.8, 4) is 0 Å². The largest absolute Gasteiger partial charge is 0.352 e. The number of carbonyl (C=O) groups excluding carboxylic acids is 1. The molecule has 1 amide bonds. The van der Waals surface area contributed by atoms with E-state index in [0.29, 0.717) is 12.5 Å². The van der Waals surface area contributed by atoms with Crippen molar-refractivity contribution in [3.63, 3.8) is 0 Å². The third kappa shape index (κ3) is 3.22. The SMILES string of the molecule is CCCC(=O)N[C@@H]1CCCNC1. The Balaban J connectivity index is 2.15. The van der Waals surface area contributed by atoms with Crippen LogP contribution in [-0.4, -0.2) is 25.0 Å². The summed E-state index contributed by atoms with van der Waals surface area (Å²) in [6.45, 7) is 4.06. The average molecular weight is 170 g/mol. The van der Waals surface area contributed by atoms with Crippen LogP contribution in [0.5, 0.6) is 0 Å². The Morgan fingerprint density at radius 2 is 2.50 bits per heavy atom. The standard InChI is InChI=1S/C9H18N2O/c1-2-4-9(12)11-8-5-3-6-10-7-8/h8,10H,2-7H2,1H3,(H,11,12)/t8-/m1/s1. The van der Waals surface area contributed by atoms with Crippen molar-refractivity contribution in [1.29, 1.82) is 0 Å². The summed E-state index contributed by atoms with van der Waals surface area (Å²) >= 11 is 0. The van der Waals surface area contributed by atoms with Gasteiger partial charge in [-0.25, -0.2) is 0 Å². The fourth-order valence-corrected chi connectivity index (χ4v) is 1.50. The van der Waals surface area contributed by atoms with Gasteiger partial charge in [0, 0.05) is 19.0 Å². The predicted molar refractivity (Wildman–Crippen MR) is 48.9 cm³/mol. The van der Waals surface area contributed by atoms with E-state index in [1.165, 1.54) is 6.42 Å². The van der Waals surface area contributed by atoms with Crippen molar-refractivity contribution < 1.29 is 4.79 Å². The average Bonchev–Trinajstić information content (AvgIpc) is 2.06. The molecule has 0 aromatic carbocycles.